The number of nitrogens with one attached hydrogen (secondary N) is 1. The third-order valence-electron chi connectivity index (χ3n) is 4.14. The summed E-state index contributed by atoms with van der Waals surface area (Å²) in [5, 5.41) is 2.98. The maximum Gasteiger partial charge on any atom is 0.257 e. The van der Waals surface area contributed by atoms with E-state index in [-0.39, 0.29) is 18.0 Å². The molecule has 124 valence electrons. The topological polar surface area (TPSA) is 75.2 Å². The molecule has 6 heteroatoms. The van der Waals surface area contributed by atoms with Crippen LogP contribution in [0.5, 0.6) is 0 Å². The summed E-state index contributed by atoms with van der Waals surface area (Å²) in [6.45, 7) is 0.631. The van der Waals surface area contributed by atoms with Crippen LogP contribution in [0.15, 0.2) is 49.1 Å². The molecule has 0 radical (unpaired) electrons. The normalized spacial score (nSPS) is 17.8. The predicted octanol–water partition coefficient (Wildman–Crippen LogP) is 2.25. The smallest absolute Gasteiger partial charge is 0.257 e. The number of carbonyl (C=O) groups is 2. The number of hydrogen-bond acceptors (Lipinski definition) is 4. The first-order chi connectivity index (χ1) is 11.8. The lowest BCUT2D eigenvalue weighted by Gasteiger charge is -2.30. The highest BCUT2D eigenvalue weighted by Gasteiger charge is 2.27. The van der Waals surface area contributed by atoms with Gasteiger partial charge in [-0.15, -0.1) is 0 Å². The van der Waals surface area contributed by atoms with Crippen LogP contribution >= 0.6 is 0 Å². The van der Waals surface area contributed by atoms with Crippen molar-refractivity contribution in [3.63, 3.8) is 0 Å². The Hall–Kier alpha value is -2.76. The van der Waals surface area contributed by atoms with E-state index in [1.807, 2.05) is 0 Å². The molecule has 24 heavy (non-hydrogen) atoms. The number of pyridine rings is 2. The molecule has 1 saturated heterocycles. The third-order valence-corrected chi connectivity index (χ3v) is 4.14. The van der Waals surface area contributed by atoms with Crippen molar-refractivity contribution in [2.24, 2.45) is 0 Å². The van der Waals surface area contributed by atoms with Gasteiger partial charge in [-0.25, -0.2) is 0 Å². The van der Waals surface area contributed by atoms with Gasteiger partial charge in [-0.3, -0.25) is 19.6 Å². The monoisotopic (exact) mass is 324 g/mol. The Morgan fingerprint density at radius 1 is 1.00 bits per heavy atom. The van der Waals surface area contributed by atoms with Gasteiger partial charge < -0.3 is 10.2 Å². The van der Waals surface area contributed by atoms with Crippen LogP contribution in [0.1, 0.15) is 46.4 Å². The summed E-state index contributed by atoms with van der Waals surface area (Å²) < 4.78 is 0. The first kappa shape index (κ1) is 16.1. The number of likely N-dealkylation sites (tertiary alicyclic amines) is 1. The Bertz CT molecular complexity index is 691. The predicted molar refractivity (Wildman–Crippen MR) is 89.2 cm³/mol. The first-order valence-corrected chi connectivity index (χ1v) is 8.17. The average molecular weight is 324 g/mol. The summed E-state index contributed by atoms with van der Waals surface area (Å²) in [6.07, 6.45) is 9.76. The molecule has 2 aromatic heterocycles. The molecule has 1 unspecified atom stereocenters. The molecular formula is C18H20N4O2. The van der Waals surface area contributed by atoms with Gasteiger partial charge in [-0.1, -0.05) is 6.42 Å². The summed E-state index contributed by atoms with van der Waals surface area (Å²) in [4.78, 5) is 35.0. The molecule has 6 nitrogen and oxygen atoms in total. The fourth-order valence-corrected chi connectivity index (χ4v) is 2.89. The lowest BCUT2D eigenvalue weighted by molar-refractivity contribution is 0.0620. The highest BCUT2D eigenvalue weighted by Crippen LogP contribution is 2.18. The van der Waals surface area contributed by atoms with Gasteiger partial charge in [0.15, 0.2) is 0 Å². The Kier molecular flexibility index (Phi) is 5.15. The fraction of sp³-hybridized carbons (Fsp3) is 0.333. The second-order valence-corrected chi connectivity index (χ2v) is 5.82. The molecule has 1 aliphatic rings. The summed E-state index contributed by atoms with van der Waals surface area (Å²) in [5.41, 5.74) is 1.04. The molecule has 3 rings (SSSR count). The molecule has 1 atom stereocenters. The summed E-state index contributed by atoms with van der Waals surface area (Å²) in [5.74, 6) is -0.305. The van der Waals surface area contributed by atoms with Crippen molar-refractivity contribution in [2.75, 3.05) is 6.54 Å². The van der Waals surface area contributed by atoms with Gasteiger partial charge in [-0.2, -0.15) is 0 Å². The second-order valence-electron chi connectivity index (χ2n) is 5.82. The van der Waals surface area contributed by atoms with E-state index >= 15 is 0 Å². The third kappa shape index (κ3) is 3.76. The minimum absolute atomic E-state index is 0.0958. The zero-order chi connectivity index (χ0) is 16.8. The SMILES string of the molecule is O=C(NC1CCCCCN1C(=O)c1cccnc1)c1cccnc1. The number of carbonyl (C=O) groups excluding carboxylic acids is 2. The molecule has 1 fully saturated rings. The molecule has 0 aromatic carbocycles. The lowest BCUT2D eigenvalue weighted by atomic mass is 10.2. The molecule has 0 spiro atoms. The van der Waals surface area contributed by atoms with Gasteiger partial charge in [0.25, 0.3) is 11.8 Å². The van der Waals surface area contributed by atoms with Crippen LogP contribution in [0.4, 0.5) is 0 Å². The van der Waals surface area contributed by atoms with Crippen molar-refractivity contribution in [3.8, 4) is 0 Å². The van der Waals surface area contributed by atoms with Gasteiger partial charge in [0, 0.05) is 31.3 Å². The number of nitrogens with zero attached hydrogens (tertiary/aromatic N) is 3. The van der Waals surface area contributed by atoms with Crippen LogP contribution in [0.25, 0.3) is 0 Å². The van der Waals surface area contributed by atoms with Gasteiger partial charge >= 0.3 is 0 Å². The van der Waals surface area contributed by atoms with E-state index in [1.54, 1.807) is 47.8 Å². The van der Waals surface area contributed by atoms with Gasteiger partial charge in [0.1, 0.15) is 6.17 Å². The van der Waals surface area contributed by atoms with E-state index in [9.17, 15) is 9.59 Å². The Balaban J connectivity index is 1.78. The van der Waals surface area contributed by atoms with Gasteiger partial charge in [0.05, 0.1) is 11.1 Å². The highest BCUT2D eigenvalue weighted by atomic mass is 16.2. The van der Waals surface area contributed by atoms with Crippen molar-refractivity contribution >= 4 is 11.8 Å². The average Bonchev–Trinajstić information content (AvgIpc) is 2.88. The molecule has 2 aromatic rings. The van der Waals surface area contributed by atoms with Crippen LogP contribution < -0.4 is 5.32 Å². The van der Waals surface area contributed by atoms with Crippen molar-refractivity contribution < 1.29 is 9.59 Å². The van der Waals surface area contributed by atoms with Crippen LogP contribution in [0, 0.1) is 0 Å². The van der Waals surface area contributed by atoms with Crippen LogP contribution in [0.3, 0.4) is 0 Å². The second kappa shape index (κ2) is 7.68. The number of hydrogen-bond donors (Lipinski definition) is 1. The van der Waals surface area contributed by atoms with E-state index in [2.05, 4.69) is 15.3 Å². The van der Waals surface area contributed by atoms with Crippen LogP contribution in [-0.2, 0) is 0 Å². The molecule has 1 N–H and O–H groups in total. The summed E-state index contributed by atoms with van der Waals surface area (Å²) in [6, 6.07) is 6.93. The molecule has 0 aliphatic carbocycles. The fourth-order valence-electron chi connectivity index (χ4n) is 2.89. The van der Waals surface area contributed by atoms with Crippen LogP contribution in [-0.4, -0.2) is 39.4 Å². The molecule has 1 aliphatic heterocycles. The van der Waals surface area contributed by atoms with E-state index < -0.39 is 0 Å². The van der Waals surface area contributed by atoms with Crippen LogP contribution in [0.2, 0.25) is 0 Å². The van der Waals surface area contributed by atoms with Gasteiger partial charge in [-0.05, 0) is 43.5 Å². The number of aromatic nitrogens is 2. The Labute approximate surface area is 140 Å². The highest BCUT2D eigenvalue weighted by molar-refractivity contribution is 5.96. The molecule has 2 amide bonds. The zero-order valence-corrected chi connectivity index (χ0v) is 13.4. The first-order valence-electron chi connectivity index (χ1n) is 8.17. The Morgan fingerprint density at radius 3 is 2.38 bits per heavy atom. The largest absolute Gasteiger partial charge is 0.332 e. The molecular weight excluding hydrogens is 304 g/mol. The quantitative estimate of drug-likeness (QED) is 0.939. The van der Waals surface area contributed by atoms with Crippen molar-refractivity contribution in [1.29, 1.82) is 0 Å². The van der Waals surface area contributed by atoms with Crippen molar-refractivity contribution in [3.05, 3.63) is 60.2 Å². The molecule has 0 saturated carbocycles. The lowest BCUT2D eigenvalue weighted by Crippen LogP contribution is -2.50. The maximum absolute atomic E-state index is 12.8. The minimum Gasteiger partial charge on any atom is -0.332 e. The van der Waals surface area contributed by atoms with E-state index in [0.29, 0.717) is 17.7 Å². The van der Waals surface area contributed by atoms with E-state index in [0.717, 1.165) is 25.7 Å². The zero-order valence-electron chi connectivity index (χ0n) is 13.4. The van der Waals surface area contributed by atoms with E-state index in [4.69, 9.17) is 0 Å². The van der Waals surface area contributed by atoms with Crippen molar-refractivity contribution in [1.82, 2.24) is 20.2 Å². The minimum atomic E-state index is -0.312. The number of rotatable bonds is 3. The maximum atomic E-state index is 12.8. The summed E-state index contributed by atoms with van der Waals surface area (Å²) >= 11 is 0. The van der Waals surface area contributed by atoms with Crippen molar-refractivity contribution in [2.45, 2.75) is 31.8 Å². The van der Waals surface area contributed by atoms with Gasteiger partial charge in [0.2, 0.25) is 0 Å². The Morgan fingerprint density at radius 2 is 1.71 bits per heavy atom. The summed E-state index contributed by atoms with van der Waals surface area (Å²) in [7, 11) is 0. The van der Waals surface area contributed by atoms with E-state index in [1.165, 1.54) is 6.20 Å². The number of amides is 2. The molecule has 0 bridgehead atoms. The standard InChI is InChI=1S/C18H20N4O2/c23-17(14-6-4-9-19-12-14)21-16-8-2-1-3-11-22(16)18(24)15-7-5-10-20-13-15/h4-7,9-10,12-13,16H,1-3,8,11H2,(H,21,23). The molecule has 3 heterocycles.